The first-order valence-electron chi connectivity index (χ1n) is 11.4. The lowest BCUT2D eigenvalue weighted by Crippen LogP contribution is -2.42. The molecule has 156 valence electrons. The van der Waals surface area contributed by atoms with Gasteiger partial charge in [0.25, 0.3) is 5.91 Å². The van der Waals surface area contributed by atoms with E-state index in [-0.39, 0.29) is 5.91 Å². The van der Waals surface area contributed by atoms with Crippen molar-refractivity contribution in [3.05, 3.63) is 71.3 Å². The van der Waals surface area contributed by atoms with E-state index in [1.165, 1.54) is 31.5 Å². The molecule has 2 saturated heterocycles. The van der Waals surface area contributed by atoms with Crippen LogP contribution in [0.1, 0.15) is 53.6 Å². The second kappa shape index (κ2) is 8.65. The minimum Gasteiger partial charge on any atom is -0.457 e. The normalized spacial score (nSPS) is 21.7. The number of rotatable bonds is 4. The molecule has 0 bridgehead atoms. The third-order valence-corrected chi connectivity index (χ3v) is 6.66. The predicted molar refractivity (Wildman–Crippen MR) is 120 cm³/mol. The molecule has 0 aromatic heterocycles. The van der Waals surface area contributed by atoms with E-state index in [2.05, 4.69) is 28.0 Å². The Labute approximate surface area is 179 Å². The van der Waals surface area contributed by atoms with Gasteiger partial charge in [-0.25, -0.2) is 0 Å². The number of fused-ring (bicyclic) bond motifs is 1. The van der Waals surface area contributed by atoms with Gasteiger partial charge in [0.1, 0.15) is 11.5 Å². The summed E-state index contributed by atoms with van der Waals surface area (Å²) in [4.78, 5) is 17.8. The Morgan fingerprint density at radius 2 is 1.77 bits per heavy atom. The Morgan fingerprint density at radius 1 is 0.967 bits per heavy atom. The van der Waals surface area contributed by atoms with Crippen molar-refractivity contribution in [2.45, 2.75) is 44.6 Å². The van der Waals surface area contributed by atoms with E-state index < -0.39 is 0 Å². The molecule has 4 nitrogen and oxygen atoms in total. The Morgan fingerprint density at radius 3 is 2.60 bits per heavy atom. The number of carbonyl (C=O) groups excluding carboxylic acids is 1. The summed E-state index contributed by atoms with van der Waals surface area (Å²) in [5, 5.41) is 0. The van der Waals surface area contributed by atoms with Gasteiger partial charge in [-0.05, 0) is 81.5 Å². The molecule has 4 heteroatoms. The van der Waals surface area contributed by atoms with E-state index in [9.17, 15) is 4.79 Å². The van der Waals surface area contributed by atoms with Gasteiger partial charge in [-0.1, -0.05) is 30.3 Å². The van der Waals surface area contributed by atoms with Crippen LogP contribution in [0, 0.1) is 0 Å². The Kier molecular flexibility index (Phi) is 5.58. The van der Waals surface area contributed by atoms with E-state index in [1.54, 1.807) is 0 Å². The molecule has 0 aliphatic carbocycles. The van der Waals surface area contributed by atoms with Gasteiger partial charge in [0.2, 0.25) is 0 Å². The number of allylic oxidation sites excluding steroid dienone is 1. The van der Waals surface area contributed by atoms with Crippen molar-refractivity contribution >= 4 is 11.7 Å². The summed E-state index contributed by atoms with van der Waals surface area (Å²) in [7, 11) is 0. The van der Waals surface area contributed by atoms with Crippen molar-refractivity contribution in [2.75, 3.05) is 26.2 Å². The predicted octanol–water partition coefficient (Wildman–Crippen LogP) is 4.75. The second-order valence-corrected chi connectivity index (χ2v) is 8.70. The number of likely N-dealkylation sites (tertiary alicyclic amines) is 2. The number of para-hydroxylation sites is 1. The summed E-state index contributed by atoms with van der Waals surface area (Å²) in [5.41, 5.74) is 3.05. The van der Waals surface area contributed by atoms with Crippen LogP contribution >= 0.6 is 0 Å². The SMILES string of the molecule is O=C(c1ccc(C2=CCCc3ccccc3O2)cc1)N1CCCC1CN1CCCC1. The van der Waals surface area contributed by atoms with E-state index in [1.807, 2.05) is 36.4 Å². The fourth-order valence-electron chi connectivity index (χ4n) is 5.00. The summed E-state index contributed by atoms with van der Waals surface area (Å²) in [6.07, 6.45) is 8.93. The zero-order valence-electron chi connectivity index (χ0n) is 17.6. The number of hydrogen-bond donors (Lipinski definition) is 0. The monoisotopic (exact) mass is 402 g/mol. The average Bonchev–Trinajstić information content (AvgIpc) is 3.41. The molecule has 30 heavy (non-hydrogen) atoms. The van der Waals surface area contributed by atoms with Gasteiger partial charge in [-0.2, -0.15) is 0 Å². The smallest absolute Gasteiger partial charge is 0.254 e. The fourth-order valence-corrected chi connectivity index (χ4v) is 5.00. The highest BCUT2D eigenvalue weighted by atomic mass is 16.5. The van der Waals surface area contributed by atoms with Crippen molar-refractivity contribution in [1.82, 2.24) is 9.80 Å². The maximum atomic E-state index is 13.2. The van der Waals surface area contributed by atoms with Crippen molar-refractivity contribution in [2.24, 2.45) is 0 Å². The zero-order chi connectivity index (χ0) is 20.3. The number of carbonyl (C=O) groups is 1. The van der Waals surface area contributed by atoms with Gasteiger partial charge in [-0.15, -0.1) is 0 Å². The van der Waals surface area contributed by atoms with Crippen LogP contribution in [0.4, 0.5) is 0 Å². The Balaban J connectivity index is 1.29. The number of aryl methyl sites for hydroxylation is 1. The summed E-state index contributed by atoms with van der Waals surface area (Å²) < 4.78 is 6.19. The lowest BCUT2D eigenvalue weighted by Gasteiger charge is -2.28. The average molecular weight is 403 g/mol. The van der Waals surface area contributed by atoms with Gasteiger partial charge >= 0.3 is 0 Å². The summed E-state index contributed by atoms with van der Waals surface area (Å²) in [5.74, 6) is 1.99. The van der Waals surface area contributed by atoms with Gasteiger partial charge in [-0.3, -0.25) is 4.79 Å². The van der Waals surface area contributed by atoms with Gasteiger partial charge in [0.05, 0.1) is 0 Å². The van der Waals surface area contributed by atoms with Crippen LogP contribution < -0.4 is 4.74 Å². The van der Waals surface area contributed by atoms with Gasteiger partial charge < -0.3 is 14.5 Å². The first kappa shape index (κ1) is 19.4. The molecule has 2 aromatic rings. The van der Waals surface area contributed by atoms with Crippen molar-refractivity contribution in [3.8, 4) is 5.75 Å². The van der Waals surface area contributed by atoms with E-state index >= 15 is 0 Å². The first-order valence-corrected chi connectivity index (χ1v) is 11.4. The minimum absolute atomic E-state index is 0.171. The molecule has 0 saturated carbocycles. The molecule has 3 aliphatic rings. The van der Waals surface area contributed by atoms with E-state index in [0.29, 0.717) is 6.04 Å². The van der Waals surface area contributed by atoms with E-state index in [0.717, 1.165) is 61.4 Å². The summed E-state index contributed by atoms with van der Waals surface area (Å²) in [6, 6.07) is 16.6. The molecule has 1 amide bonds. The van der Waals surface area contributed by atoms with E-state index in [4.69, 9.17) is 4.74 Å². The third kappa shape index (κ3) is 4.01. The first-order chi connectivity index (χ1) is 14.8. The zero-order valence-corrected chi connectivity index (χ0v) is 17.6. The Hall–Kier alpha value is -2.59. The van der Waals surface area contributed by atoms with Crippen LogP contribution in [0.3, 0.4) is 0 Å². The molecule has 5 rings (SSSR count). The number of benzene rings is 2. The molecule has 0 N–H and O–H groups in total. The number of amides is 1. The lowest BCUT2D eigenvalue weighted by molar-refractivity contribution is 0.0709. The number of hydrogen-bond acceptors (Lipinski definition) is 3. The molecule has 1 unspecified atom stereocenters. The molecular formula is C26H30N2O2. The maximum Gasteiger partial charge on any atom is 0.254 e. The van der Waals surface area contributed by atoms with Crippen LogP contribution in [0.15, 0.2) is 54.6 Å². The summed E-state index contributed by atoms with van der Waals surface area (Å²) >= 11 is 0. The lowest BCUT2D eigenvalue weighted by atomic mass is 10.1. The third-order valence-electron chi connectivity index (χ3n) is 6.66. The molecule has 2 fully saturated rings. The van der Waals surface area contributed by atoms with Gasteiger partial charge in [0.15, 0.2) is 0 Å². The molecule has 0 spiro atoms. The van der Waals surface area contributed by atoms with Crippen LogP contribution in [-0.2, 0) is 6.42 Å². The highest BCUT2D eigenvalue weighted by molar-refractivity contribution is 5.95. The number of ether oxygens (including phenoxy) is 1. The second-order valence-electron chi connectivity index (χ2n) is 8.70. The van der Waals surface area contributed by atoms with Gasteiger partial charge in [0, 0.05) is 30.3 Å². The van der Waals surface area contributed by atoms with Crippen LogP contribution in [-0.4, -0.2) is 47.9 Å². The summed E-state index contributed by atoms with van der Waals surface area (Å²) in [6.45, 7) is 4.28. The largest absolute Gasteiger partial charge is 0.457 e. The van der Waals surface area contributed by atoms with Crippen molar-refractivity contribution in [1.29, 1.82) is 0 Å². The highest BCUT2D eigenvalue weighted by Crippen LogP contribution is 2.30. The van der Waals surface area contributed by atoms with Crippen LogP contribution in [0.5, 0.6) is 5.75 Å². The molecule has 3 heterocycles. The van der Waals surface area contributed by atoms with Crippen molar-refractivity contribution in [3.63, 3.8) is 0 Å². The molecule has 2 aromatic carbocycles. The quantitative estimate of drug-likeness (QED) is 0.740. The minimum atomic E-state index is 0.171. The topological polar surface area (TPSA) is 32.8 Å². The Bertz CT molecular complexity index is 928. The molecule has 0 radical (unpaired) electrons. The maximum absolute atomic E-state index is 13.2. The van der Waals surface area contributed by atoms with Crippen LogP contribution in [0.2, 0.25) is 0 Å². The molecular weight excluding hydrogens is 372 g/mol. The molecule has 1 atom stereocenters. The highest BCUT2D eigenvalue weighted by Gasteiger charge is 2.31. The van der Waals surface area contributed by atoms with Crippen LogP contribution in [0.25, 0.3) is 5.76 Å². The fraction of sp³-hybridized carbons (Fsp3) is 0.423. The number of nitrogens with zero attached hydrogens (tertiary/aromatic N) is 2. The van der Waals surface area contributed by atoms with Crippen molar-refractivity contribution < 1.29 is 9.53 Å². The standard InChI is InChI=1S/C26H30N2O2/c29-26(28-18-6-9-23(28)19-27-16-3-4-17-27)22-14-12-21(13-15-22)25-11-5-8-20-7-1-2-10-24(20)30-25/h1-2,7,10-15,23H,3-6,8-9,16-19H2. The molecule has 3 aliphatic heterocycles.